The number of hydrogen-bond acceptors (Lipinski definition) is 4. The zero-order chi connectivity index (χ0) is 17.2. The van der Waals surface area contributed by atoms with E-state index in [1.807, 2.05) is 4.57 Å². The maximum absolute atomic E-state index is 12.7. The van der Waals surface area contributed by atoms with Crippen molar-refractivity contribution in [2.45, 2.75) is 25.3 Å². The summed E-state index contributed by atoms with van der Waals surface area (Å²) in [6.07, 6.45) is 4.81. The molecule has 1 saturated carbocycles. The second kappa shape index (κ2) is 6.64. The first-order valence-corrected chi connectivity index (χ1v) is 7.73. The van der Waals surface area contributed by atoms with Crippen molar-refractivity contribution in [3.63, 3.8) is 0 Å². The summed E-state index contributed by atoms with van der Waals surface area (Å²) in [7, 11) is 0. The number of imidazole rings is 1. The summed E-state index contributed by atoms with van der Waals surface area (Å²) >= 11 is 0. The number of aromatic nitrogens is 3. The van der Waals surface area contributed by atoms with Crippen LogP contribution >= 0.6 is 0 Å². The highest BCUT2D eigenvalue weighted by Gasteiger charge is 2.44. The van der Waals surface area contributed by atoms with E-state index in [0.717, 1.165) is 0 Å². The highest BCUT2D eigenvalue weighted by Crippen LogP contribution is 2.41. The number of aromatic carboxylic acids is 1. The van der Waals surface area contributed by atoms with Gasteiger partial charge >= 0.3 is 5.97 Å². The van der Waals surface area contributed by atoms with Gasteiger partial charge in [-0.05, 0) is 24.6 Å². The maximum atomic E-state index is 12.7. The summed E-state index contributed by atoms with van der Waals surface area (Å²) in [6, 6.07) is 2.90. The molecule has 8 heteroatoms. The van der Waals surface area contributed by atoms with Crippen LogP contribution in [0.4, 0.5) is 8.78 Å². The molecular formula is C16H18F2N4O2. The molecule has 0 aromatic carbocycles. The predicted octanol–water partition coefficient (Wildman–Crippen LogP) is 2.28. The smallest absolute Gasteiger partial charge is 0.335 e. The van der Waals surface area contributed by atoms with Crippen LogP contribution in [0.3, 0.4) is 0 Å². The van der Waals surface area contributed by atoms with Crippen LogP contribution in [0.1, 0.15) is 23.2 Å². The Kier molecular flexibility index (Phi) is 4.57. The number of pyridine rings is 1. The minimum Gasteiger partial charge on any atom is -0.478 e. The van der Waals surface area contributed by atoms with Gasteiger partial charge in [0.25, 0.3) is 0 Å². The highest BCUT2D eigenvalue weighted by molar-refractivity contribution is 5.88. The Morgan fingerprint density at radius 3 is 2.88 bits per heavy atom. The van der Waals surface area contributed by atoms with Gasteiger partial charge in [-0.25, -0.2) is 18.6 Å². The monoisotopic (exact) mass is 336 g/mol. The lowest BCUT2D eigenvalue weighted by atomic mass is 9.81. The molecule has 0 aliphatic heterocycles. The van der Waals surface area contributed by atoms with Crippen molar-refractivity contribution in [3.8, 4) is 11.4 Å². The molecule has 1 fully saturated rings. The van der Waals surface area contributed by atoms with Gasteiger partial charge < -0.3 is 15.0 Å². The molecule has 128 valence electrons. The van der Waals surface area contributed by atoms with E-state index in [1.54, 1.807) is 12.5 Å². The van der Waals surface area contributed by atoms with Crippen molar-refractivity contribution >= 4 is 5.97 Å². The molecule has 24 heavy (non-hydrogen) atoms. The lowest BCUT2D eigenvalue weighted by Crippen LogP contribution is -2.41. The SMILES string of the molecule is O=C(O)c1ccnc(-c2cn(CCNCC3CC(F)(F)C3)cn2)c1. The molecule has 0 amide bonds. The van der Waals surface area contributed by atoms with Gasteiger partial charge in [0.05, 0.1) is 17.6 Å². The van der Waals surface area contributed by atoms with E-state index in [1.165, 1.54) is 18.3 Å². The molecule has 0 radical (unpaired) electrons. The topological polar surface area (TPSA) is 80.0 Å². The van der Waals surface area contributed by atoms with Crippen LogP contribution in [0.15, 0.2) is 30.9 Å². The van der Waals surface area contributed by atoms with Crippen LogP contribution < -0.4 is 5.32 Å². The van der Waals surface area contributed by atoms with Gasteiger partial charge in [-0.2, -0.15) is 0 Å². The van der Waals surface area contributed by atoms with Crippen LogP contribution in [0, 0.1) is 5.92 Å². The van der Waals surface area contributed by atoms with Gasteiger partial charge in [-0.3, -0.25) is 4.98 Å². The molecular weight excluding hydrogens is 318 g/mol. The Morgan fingerprint density at radius 2 is 2.17 bits per heavy atom. The van der Waals surface area contributed by atoms with E-state index in [2.05, 4.69) is 15.3 Å². The molecule has 0 atom stereocenters. The van der Waals surface area contributed by atoms with Crippen molar-refractivity contribution in [3.05, 3.63) is 36.4 Å². The summed E-state index contributed by atoms with van der Waals surface area (Å²) in [5.74, 6) is -3.42. The molecule has 1 aliphatic carbocycles. The molecule has 0 unspecified atom stereocenters. The number of alkyl halides is 2. The van der Waals surface area contributed by atoms with Crippen LogP contribution in [-0.4, -0.2) is 44.6 Å². The zero-order valence-corrected chi connectivity index (χ0v) is 13.0. The number of nitrogens with zero attached hydrogens (tertiary/aromatic N) is 3. The first-order chi connectivity index (χ1) is 11.4. The van der Waals surface area contributed by atoms with Crippen molar-refractivity contribution in [1.82, 2.24) is 19.9 Å². The Hall–Kier alpha value is -2.35. The van der Waals surface area contributed by atoms with Crippen molar-refractivity contribution in [2.24, 2.45) is 5.92 Å². The molecule has 0 bridgehead atoms. The number of halogens is 2. The third-order valence-electron chi connectivity index (χ3n) is 4.06. The van der Waals surface area contributed by atoms with Crippen molar-refractivity contribution in [2.75, 3.05) is 13.1 Å². The van der Waals surface area contributed by atoms with E-state index in [4.69, 9.17) is 5.11 Å². The van der Waals surface area contributed by atoms with E-state index in [9.17, 15) is 13.6 Å². The van der Waals surface area contributed by atoms with Crippen LogP contribution in [0.2, 0.25) is 0 Å². The van der Waals surface area contributed by atoms with E-state index in [-0.39, 0.29) is 24.3 Å². The predicted molar refractivity (Wildman–Crippen MR) is 83.0 cm³/mol. The molecule has 1 aliphatic rings. The Balaban J connectivity index is 1.49. The van der Waals surface area contributed by atoms with Crippen molar-refractivity contribution < 1.29 is 18.7 Å². The van der Waals surface area contributed by atoms with E-state index < -0.39 is 11.9 Å². The van der Waals surface area contributed by atoms with Crippen LogP contribution in [-0.2, 0) is 6.54 Å². The summed E-state index contributed by atoms with van der Waals surface area (Å²) in [5.41, 5.74) is 1.25. The largest absolute Gasteiger partial charge is 0.478 e. The summed E-state index contributed by atoms with van der Waals surface area (Å²) in [4.78, 5) is 19.3. The fourth-order valence-corrected chi connectivity index (χ4v) is 2.76. The molecule has 2 heterocycles. The Bertz CT molecular complexity index is 724. The fraction of sp³-hybridized carbons (Fsp3) is 0.438. The quantitative estimate of drug-likeness (QED) is 0.758. The second-order valence-corrected chi connectivity index (χ2v) is 6.07. The van der Waals surface area contributed by atoms with Crippen molar-refractivity contribution in [1.29, 1.82) is 0 Å². The number of carbonyl (C=O) groups is 1. The number of carboxylic acids is 1. The maximum Gasteiger partial charge on any atom is 0.335 e. The second-order valence-electron chi connectivity index (χ2n) is 6.07. The summed E-state index contributed by atoms with van der Waals surface area (Å²) < 4.78 is 27.3. The molecule has 6 nitrogen and oxygen atoms in total. The molecule has 0 saturated heterocycles. The van der Waals surface area contributed by atoms with Gasteiger partial charge in [-0.1, -0.05) is 0 Å². The first kappa shape index (κ1) is 16.5. The Morgan fingerprint density at radius 1 is 1.38 bits per heavy atom. The minimum absolute atomic E-state index is 0.0270. The van der Waals surface area contributed by atoms with Gasteiger partial charge in [0, 0.05) is 38.3 Å². The van der Waals surface area contributed by atoms with Crippen LogP contribution in [0.5, 0.6) is 0 Å². The van der Waals surface area contributed by atoms with Gasteiger partial charge in [0.15, 0.2) is 0 Å². The summed E-state index contributed by atoms with van der Waals surface area (Å²) in [6.45, 7) is 1.90. The Labute approximate surface area is 137 Å². The van der Waals surface area contributed by atoms with Crippen LogP contribution in [0.25, 0.3) is 11.4 Å². The molecule has 3 rings (SSSR count). The number of nitrogens with one attached hydrogen (secondary N) is 1. The lowest BCUT2D eigenvalue weighted by molar-refractivity contribution is -0.109. The standard InChI is InChI=1S/C16H18F2N4O2/c17-16(18)6-11(7-16)8-19-3-4-22-9-14(21-10-22)13-5-12(15(23)24)1-2-20-13/h1-2,5,9-11,19H,3-4,6-8H2,(H,23,24). The fourth-order valence-electron chi connectivity index (χ4n) is 2.76. The van der Waals surface area contributed by atoms with Gasteiger partial charge in [-0.15, -0.1) is 0 Å². The number of hydrogen-bond donors (Lipinski definition) is 2. The normalized spacial score (nSPS) is 16.8. The van der Waals surface area contributed by atoms with Gasteiger partial charge in [0.1, 0.15) is 5.69 Å². The molecule has 2 aromatic rings. The third-order valence-corrected chi connectivity index (χ3v) is 4.06. The van der Waals surface area contributed by atoms with E-state index >= 15 is 0 Å². The van der Waals surface area contributed by atoms with E-state index in [0.29, 0.717) is 31.0 Å². The molecule has 2 aromatic heterocycles. The molecule has 0 spiro atoms. The molecule has 2 N–H and O–H groups in total. The zero-order valence-electron chi connectivity index (χ0n) is 13.0. The van der Waals surface area contributed by atoms with Gasteiger partial charge in [0.2, 0.25) is 5.92 Å². The first-order valence-electron chi connectivity index (χ1n) is 7.73. The number of rotatable bonds is 7. The average Bonchev–Trinajstić information content (AvgIpc) is 2.98. The summed E-state index contributed by atoms with van der Waals surface area (Å²) in [5, 5.41) is 12.2. The number of carboxylic acid groups (broad SMARTS) is 1. The highest BCUT2D eigenvalue weighted by atomic mass is 19.3. The minimum atomic E-state index is -2.47. The third kappa shape index (κ3) is 3.94. The lowest BCUT2D eigenvalue weighted by Gasteiger charge is -2.35. The average molecular weight is 336 g/mol.